The summed E-state index contributed by atoms with van der Waals surface area (Å²) in [5.41, 5.74) is 1.02. The highest BCUT2D eigenvalue weighted by atomic mass is 32.2. The molecule has 0 aliphatic rings. The lowest BCUT2D eigenvalue weighted by Gasteiger charge is -2.00. The summed E-state index contributed by atoms with van der Waals surface area (Å²) < 4.78 is 30.2. The van der Waals surface area contributed by atoms with Crippen molar-refractivity contribution in [3.8, 4) is 0 Å². The average molecular weight is 215 g/mol. The van der Waals surface area contributed by atoms with Gasteiger partial charge in [0.25, 0.3) is 10.1 Å². The number of hydrogen-bond donors (Lipinski definition) is 2. The molecule has 0 heterocycles. The van der Waals surface area contributed by atoms with Crippen molar-refractivity contribution >= 4 is 15.8 Å². The molecule has 1 aromatic rings. The van der Waals surface area contributed by atoms with Gasteiger partial charge in [0.15, 0.2) is 0 Å². The van der Waals surface area contributed by atoms with Gasteiger partial charge >= 0.3 is 0 Å². The van der Waals surface area contributed by atoms with Gasteiger partial charge in [-0.15, -0.1) is 5.11 Å². The summed E-state index contributed by atoms with van der Waals surface area (Å²) >= 11 is 0. The first-order valence-electron chi connectivity index (χ1n) is 3.64. The van der Waals surface area contributed by atoms with E-state index in [4.69, 9.17) is 10.4 Å². The van der Waals surface area contributed by atoms with Crippen LogP contribution >= 0.6 is 0 Å². The van der Waals surface area contributed by atoms with Crippen molar-refractivity contribution in [2.24, 2.45) is 16.2 Å². The Hall–Kier alpha value is -1.47. The van der Waals surface area contributed by atoms with Crippen molar-refractivity contribution in [3.63, 3.8) is 0 Å². The Bertz CT molecular complexity index is 467. The van der Waals surface area contributed by atoms with Crippen LogP contribution < -0.4 is 5.84 Å². The lowest BCUT2D eigenvalue weighted by Crippen LogP contribution is -1.97. The molecule has 0 aromatic heterocycles. The van der Waals surface area contributed by atoms with Crippen molar-refractivity contribution in [1.82, 2.24) is 0 Å². The number of hydrogen-bond acceptors (Lipinski definition) is 4. The van der Waals surface area contributed by atoms with Crippen LogP contribution in [-0.2, 0) is 10.1 Å². The molecule has 0 unspecified atom stereocenters. The van der Waals surface area contributed by atoms with Gasteiger partial charge in [0.05, 0.1) is 10.6 Å². The Morgan fingerprint density at radius 2 is 2.07 bits per heavy atom. The van der Waals surface area contributed by atoms with Crippen molar-refractivity contribution in [2.75, 3.05) is 0 Å². The van der Waals surface area contributed by atoms with Crippen molar-refractivity contribution in [1.29, 1.82) is 0 Å². The molecule has 14 heavy (non-hydrogen) atoms. The molecule has 0 saturated carbocycles. The van der Waals surface area contributed by atoms with E-state index in [0.717, 1.165) is 0 Å². The van der Waals surface area contributed by atoms with Gasteiger partial charge in [0.2, 0.25) is 0 Å². The van der Waals surface area contributed by atoms with Gasteiger partial charge in [0, 0.05) is 0 Å². The Labute approximate surface area is 81.2 Å². The summed E-state index contributed by atoms with van der Waals surface area (Å²) in [6, 6.07) is 3.98. The molecule has 0 amide bonds. The first-order valence-corrected chi connectivity index (χ1v) is 5.08. The zero-order chi connectivity index (χ0) is 10.8. The predicted molar refractivity (Wildman–Crippen MR) is 49.7 cm³/mol. The molecule has 0 fully saturated rings. The summed E-state index contributed by atoms with van der Waals surface area (Å²) in [4.78, 5) is -0.231. The van der Waals surface area contributed by atoms with E-state index in [9.17, 15) is 8.42 Å². The molecule has 0 atom stereocenters. The minimum absolute atomic E-state index is 0.231. The fourth-order valence-corrected chi connectivity index (χ4v) is 1.42. The third kappa shape index (κ3) is 2.27. The Morgan fingerprint density at radius 3 is 2.57 bits per heavy atom. The van der Waals surface area contributed by atoms with E-state index < -0.39 is 10.1 Å². The van der Waals surface area contributed by atoms with Gasteiger partial charge in [-0.2, -0.15) is 8.42 Å². The highest BCUT2D eigenvalue weighted by Crippen LogP contribution is 2.22. The van der Waals surface area contributed by atoms with E-state index in [1.54, 1.807) is 6.92 Å². The van der Waals surface area contributed by atoms with E-state index in [1.807, 2.05) is 0 Å². The number of rotatable bonds is 2. The molecule has 0 bridgehead atoms. The number of nitrogens with zero attached hydrogens (tertiary/aromatic N) is 2. The van der Waals surface area contributed by atoms with Crippen LogP contribution in [0.5, 0.6) is 0 Å². The maximum atomic E-state index is 10.8. The minimum atomic E-state index is -4.20. The molecular weight excluding hydrogens is 206 g/mol. The summed E-state index contributed by atoms with van der Waals surface area (Å²) in [5, 5.41) is 6.55. The highest BCUT2D eigenvalue weighted by Gasteiger charge is 2.10. The second-order valence-electron chi connectivity index (χ2n) is 2.64. The van der Waals surface area contributed by atoms with Crippen molar-refractivity contribution < 1.29 is 13.0 Å². The van der Waals surface area contributed by atoms with Gasteiger partial charge < -0.3 is 5.84 Å². The highest BCUT2D eigenvalue weighted by molar-refractivity contribution is 7.85. The third-order valence-electron chi connectivity index (χ3n) is 1.64. The summed E-state index contributed by atoms with van der Waals surface area (Å²) in [6.07, 6.45) is 0. The van der Waals surface area contributed by atoms with E-state index in [1.165, 1.54) is 18.2 Å². The minimum Gasteiger partial charge on any atom is -0.305 e. The molecule has 3 N–H and O–H groups in total. The molecule has 76 valence electrons. The molecular formula is C7H9N3O3S. The lowest BCUT2D eigenvalue weighted by molar-refractivity contribution is 0.483. The Morgan fingerprint density at radius 1 is 1.43 bits per heavy atom. The van der Waals surface area contributed by atoms with Gasteiger partial charge in [-0.3, -0.25) is 4.55 Å². The quantitative estimate of drug-likeness (QED) is 0.334. The summed E-state index contributed by atoms with van der Waals surface area (Å²) in [6.45, 7) is 1.72. The van der Waals surface area contributed by atoms with Crippen LogP contribution in [0.4, 0.5) is 5.69 Å². The lowest BCUT2D eigenvalue weighted by atomic mass is 10.2. The maximum absolute atomic E-state index is 10.8. The van der Waals surface area contributed by atoms with Crippen molar-refractivity contribution in [2.45, 2.75) is 11.8 Å². The molecule has 0 aliphatic heterocycles. The largest absolute Gasteiger partial charge is 0.305 e. The molecule has 6 nitrogen and oxygen atoms in total. The summed E-state index contributed by atoms with van der Waals surface area (Å²) in [7, 11) is -4.20. The van der Waals surface area contributed by atoms with E-state index in [-0.39, 0.29) is 4.90 Å². The SMILES string of the molecule is Cc1ccc(S(=O)(=O)O)cc1N=NN. The van der Waals surface area contributed by atoms with E-state index in [0.29, 0.717) is 11.3 Å². The second kappa shape index (κ2) is 3.72. The first-order chi connectivity index (χ1) is 6.45. The molecule has 0 spiro atoms. The van der Waals surface area contributed by atoms with E-state index >= 15 is 0 Å². The van der Waals surface area contributed by atoms with Crippen LogP contribution in [0.25, 0.3) is 0 Å². The normalized spacial score (nSPS) is 12.1. The Kier molecular flexibility index (Phi) is 2.82. The average Bonchev–Trinajstić information content (AvgIpc) is 2.07. The number of nitrogens with two attached hydrogens (primary N) is 1. The maximum Gasteiger partial charge on any atom is 0.294 e. The molecule has 1 aromatic carbocycles. The zero-order valence-corrected chi connectivity index (χ0v) is 8.19. The molecule has 1 rings (SSSR count). The molecule has 0 radical (unpaired) electrons. The fourth-order valence-electron chi connectivity index (χ4n) is 0.920. The van der Waals surface area contributed by atoms with Gasteiger partial charge in [-0.25, -0.2) is 0 Å². The van der Waals surface area contributed by atoms with Crippen LogP contribution in [0.15, 0.2) is 33.4 Å². The Balaban J connectivity index is 3.34. The monoisotopic (exact) mass is 215 g/mol. The number of aryl methyl sites for hydroxylation is 1. The van der Waals surface area contributed by atoms with Gasteiger partial charge in [-0.1, -0.05) is 11.3 Å². The number of benzene rings is 1. The van der Waals surface area contributed by atoms with Crippen LogP contribution in [0.1, 0.15) is 5.56 Å². The van der Waals surface area contributed by atoms with Crippen LogP contribution in [0, 0.1) is 6.92 Å². The van der Waals surface area contributed by atoms with Crippen molar-refractivity contribution in [3.05, 3.63) is 23.8 Å². The third-order valence-corrected chi connectivity index (χ3v) is 2.49. The van der Waals surface area contributed by atoms with Crippen LogP contribution in [0.3, 0.4) is 0 Å². The molecule has 7 heteroatoms. The first kappa shape index (κ1) is 10.6. The zero-order valence-electron chi connectivity index (χ0n) is 7.38. The standard InChI is InChI=1S/C7H9N3O3S/c1-5-2-3-6(14(11,12)13)4-7(5)9-10-8/h2-4H,1H3,(H2,8,9)(H,11,12,13). The topological polar surface area (TPSA) is 105 Å². The second-order valence-corrected chi connectivity index (χ2v) is 4.06. The fraction of sp³-hybridized carbons (Fsp3) is 0.143. The predicted octanol–water partition coefficient (Wildman–Crippen LogP) is 1.20. The molecule has 0 saturated heterocycles. The van der Waals surface area contributed by atoms with Crippen LogP contribution in [0.2, 0.25) is 0 Å². The van der Waals surface area contributed by atoms with Gasteiger partial charge in [-0.05, 0) is 24.6 Å². The van der Waals surface area contributed by atoms with Crippen LogP contribution in [-0.4, -0.2) is 13.0 Å². The summed E-state index contributed by atoms with van der Waals surface area (Å²) in [5.74, 6) is 4.83. The molecule has 0 aliphatic carbocycles. The van der Waals surface area contributed by atoms with Gasteiger partial charge in [0.1, 0.15) is 0 Å². The van der Waals surface area contributed by atoms with E-state index in [2.05, 4.69) is 10.3 Å². The smallest absolute Gasteiger partial charge is 0.294 e.